The van der Waals surface area contributed by atoms with Crippen LogP contribution in [0.15, 0.2) is 60.7 Å². The first kappa shape index (κ1) is 20.0. The Bertz CT molecular complexity index is 792. The summed E-state index contributed by atoms with van der Waals surface area (Å²) in [7, 11) is 2.58. The van der Waals surface area contributed by atoms with E-state index in [4.69, 9.17) is 14.3 Å². The normalized spacial score (nSPS) is 21.7. The third-order valence-corrected chi connectivity index (χ3v) is 5.08. The lowest BCUT2D eigenvalue weighted by atomic mass is 9.71. The van der Waals surface area contributed by atoms with E-state index in [2.05, 4.69) is 0 Å². The van der Waals surface area contributed by atoms with Gasteiger partial charge in [-0.15, -0.1) is 0 Å². The van der Waals surface area contributed by atoms with Crippen molar-refractivity contribution in [3.8, 4) is 0 Å². The summed E-state index contributed by atoms with van der Waals surface area (Å²) in [6, 6.07) is 18.4. The number of hydrogen-bond acceptors (Lipinski definition) is 6. The Balaban J connectivity index is 2.15. The fraction of sp³-hybridized carbons (Fsp3) is 0.364. The molecule has 2 aromatic carbocycles. The topological polar surface area (TPSA) is 65.1 Å². The standard InChI is InChI=1S/C22H25NO5/c1-16-14-22(20(24)26-2,21(25)27-3)19(18-12-8-5-9-13-18)23(28-16)15-17-10-6-4-7-11-17/h4-13,16,19H,14-15H2,1-3H3/t16-,19+/m0/s1. The predicted octanol–water partition coefficient (Wildman–Crippen LogP) is 3.29. The number of esters is 2. The number of rotatable bonds is 5. The van der Waals surface area contributed by atoms with E-state index < -0.39 is 23.4 Å². The fourth-order valence-electron chi connectivity index (χ4n) is 3.96. The minimum atomic E-state index is -1.53. The smallest absolute Gasteiger partial charge is 0.325 e. The highest BCUT2D eigenvalue weighted by atomic mass is 16.7. The molecular weight excluding hydrogens is 358 g/mol. The van der Waals surface area contributed by atoms with Crippen LogP contribution in [0.3, 0.4) is 0 Å². The summed E-state index contributed by atoms with van der Waals surface area (Å²) >= 11 is 0. The second kappa shape index (κ2) is 8.54. The van der Waals surface area contributed by atoms with Crippen LogP contribution in [-0.2, 0) is 30.4 Å². The molecule has 0 N–H and O–H groups in total. The van der Waals surface area contributed by atoms with E-state index >= 15 is 0 Å². The van der Waals surface area contributed by atoms with Gasteiger partial charge < -0.3 is 9.47 Å². The zero-order valence-corrected chi connectivity index (χ0v) is 16.3. The first-order chi connectivity index (χ1) is 13.5. The summed E-state index contributed by atoms with van der Waals surface area (Å²) in [5, 5.41) is 1.70. The number of carbonyl (C=O) groups is 2. The minimum Gasteiger partial charge on any atom is -0.468 e. The molecule has 0 unspecified atom stereocenters. The molecule has 1 heterocycles. The lowest BCUT2D eigenvalue weighted by Gasteiger charge is -2.47. The number of ether oxygens (including phenoxy) is 2. The third-order valence-electron chi connectivity index (χ3n) is 5.08. The van der Waals surface area contributed by atoms with Crippen LogP contribution in [0.1, 0.15) is 30.5 Å². The van der Waals surface area contributed by atoms with Gasteiger partial charge in [0.15, 0.2) is 5.41 Å². The van der Waals surface area contributed by atoms with Crippen molar-refractivity contribution in [2.75, 3.05) is 14.2 Å². The van der Waals surface area contributed by atoms with Crippen molar-refractivity contribution in [1.82, 2.24) is 5.06 Å². The summed E-state index contributed by atoms with van der Waals surface area (Å²) in [5.41, 5.74) is 0.249. The maximum Gasteiger partial charge on any atom is 0.325 e. The Morgan fingerprint density at radius 2 is 1.54 bits per heavy atom. The summed E-state index contributed by atoms with van der Waals surface area (Å²) < 4.78 is 10.2. The van der Waals surface area contributed by atoms with E-state index in [0.29, 0.717) is 6.54 Å². The molecular formula is C22H25NO5. The number of benzene rings is 2. The van der Waals surface area contributed by atoms with Crippen molar-refractivity contribution in [3.63, 3.8) is 0 Å². The van der Waals surface area contributed by atoms with Crippen LogP contribution in [0.5, 0.6) is 0 Å². The average Bonchev–Trinajstić information content (AvgIpc) is 2.73. The largest absolute Gasteiger partial charge is 0.468 e. The van der Waals surface area contributed by atoms with Crippen molar-refractivity contribution < 1.29 is 23.9 Å². The lowest BCUT2D eigenvalue weighted by Crippen LogP contribution is -2.57. The van der Waals surface area contributed by atoms with Crippen molar-refractivity contribution in [3.05, 3.63) is 71.8 Å². The molecule has 0 aromatic heterocycles. The third kappa shape index (κ3) is 3.66. The van der Waals surface area contributed by atoms with Gasteiger partial charge in [0.05, 0.1) is 26.4 Å². The number of hydrogen-bond donors (Lipinski definition) is 0. The average molecular weight is 383 g/mol. The van der Waals surface area contributed by atoms with E-state index in [-0.39, 0.29) is 12.5 Å². The Morgan fingerprint density at radius 3 is 2.07 bits per heavy atom. The molecule has 1 aliphatic rings. The Morgan fingerprint density at radius 1 is 1.00 bits per heavy atom. The quantitative estimate of drug-likeness (QED) is 0.583. The highest BCUT2D eigenvalue weighted by molar-refractivity contribution is 6.01. The van der Waals surface area contributed by atoms with Crippen LogP contribution >= 0.6 is 0 Å². The molecule has 148 valence electrons. The van der Waals surface area contributed by atoms with Gasteiger partial charge in [-0.2, -0.15) is 5.06 Å². The molecule has 1 aliphatic heterocycles. The van der Waals surface area contributed by atoms with Crippen molar-refractivity contribution in [1.29, 1.82) is 0 Å². The molecule has 0 bridgehead atoms. The molecule has 0 radical (unpaired) electrons. The van der Waals surface area contributed by atoms with Gasteiger partial charge in [-0.25, -0.2) is 0 Å². The molecule has 0 spiro atoms. The molecule has 1 fully saturated rings. The van der Waals surface area contributed by atoms with Crippen molar-refractivity contribution in [2.24, 2.45) is 5.41 Å². The minimum absolute atomic E-state index is 0.164. The summed E-state index contributed by atoms with van der Waals surface area (Å²) in [6.07, 6.45) is -0.209. The van der Waals surface area contributed by atoms with Crippen LogP contribution in [-0.4, -0.2) is 37.3 Å². The zero-order valence-electron chi connectivity index (χ0n) is 16.3. The molecule has 1 saturated heterocycles. The highest BCUT2D eigenvalue weighted by Crippen LogP contribution is 2.49. The van der Waals surface area contributed by atoms with Gasteiger partial charge in [0, 0.05) is 13.0 Å². The van der Waals surface area contributed by atoms with Crippen LogP contribution in [0.25, 0.3) is 0 Å². The van der Waals surface area contributed by atoms with E-state index in [1.54, 1.807) is 5.06 Å². The first-order valence-electron chi connectivity index (χ1n) is 9.22. The van der Waals surface area contributed by atoms with E-state index in [1.165, 1.54) is 14.2 Å². The fourth-order valence-corrected chi connectivity index (χ4v) is 3.96. The number of carbonyl (C=O) groups excluding carboxylic acids is 2. The SMILES string of the molecule is COC(=O)C1(C(=O)OC)C[C@H](C)ON(Cc2ccccc2)[C@@H]1c1ccccc1. The van der Waals surface area contributed by atoms with Crippen LogP contribution in [0, 0.1) is 5.41 Å². The molecule has 0 saturated carbocycles. The van der Waals surface area contributed by atoms with Gasteiger partial charge in [0.1, 0.15) is 0 Å². The van der Waals surface area contributed by atoms with Gasteiger partial charge in [0.2, 0.25) is 0 Å². The molecule has 6 heteroatoms. The Kier molecular flexibility index (Phi) is 6.11. The van der Waals surface area contributed by atoms with E-state index in [1.807, 2.05) is 67.6 Å². The van der Waals surface area contributed by atoms with Gasteiger partial charge in [-0.05, 0) is 18.1 Å². The van der Waals surface area contributed by atoms with Gasteiger partial charge >= 0.3 is 11.9 Å². The number of methoxy groups -OCH3 is 2. The first-order valence-corrected chi connectivity index (χ1v) is 9.22. The Labute approximate surface area is 165 Å². The maximum atomic E-state index is 13.0. The molecule has 2 atom stereocenters. The van der Waals surface area contributed by atoms with Crippen LogP contribution in [0.2, 0.25) is 0 Å². The summed E-state index contributed by atoms with van der Waals surface area (Å²) in [6.45, 7) is 2.24. The van der Waals surface area contributed by atoms with Gasteiger partial charge in [0.25, 0.3) is 0 Å². The van der Waals surface area contributed by atoms with Crippen LogP contribution < -0.4 is 0 Å². The summed E-state index contributed by atoms with van der Waals surface area (Å²) in [5.74, 6) is -1.25. The predicted molar refractivity (Wildman–Crippen MR) is 103 cm³/mol. The molecule has 3 rings (SSSR count). The Hall–Kier alpha value is -2.70. The second-order valence-electron chi connectivity index (χ2n) is 6.95. The molecule has 28 heavy (non-hydrogen) atoms. The maximum absolute atomic E-state index is 13.0. The van der Waals surface area contributed by atoms with E-state index in [9.17, 15) is 9.59 Å². The number of hydroxylamine groups is 2. The molecule has 0 aliphatic carbocycles. The molecule has 0 amide bonds. The lowest BCUT2D eigenvalue weighted by molar-refractivity contribution is -0.287. The van der Waals surface area contributed by atoms with Gasteiger partial charge in [-0.1, -0.05) is 60.7 Å². The summed E-state index contributed by atoms with van der Waals surface area (Å²) in [4.78, 5) is 32.1. The molecule has 2 aromatic rings. The highest BCUT2D eigenvalue weighted by Gasteiger charge is 2.61. The van der Waals surface area contributed by atoms with Gasteiger partial charge in [-0.3, -0.25) is 14.4 Å². The van der Waals surface area contributed by atoms with Crippen LogP contribution in [0.4, 0.5) is 0 Å². The van der Waals surface area contributed by atoms with Crippen molar-refractivity contribution in [2.45, 2.75) is 32.0 Å². The molecule has 6 nitrogen and oxygen atoms in total. The van der Waals surface area contributed by atoms with E-state index in [0.717, 1.165) is 11.1 Å². The number of nitrogens with zero attached hydrogens (tertiary/aromatic N) is 1. The monoisotopic (exact) mass is 383 g/mol. The van der Waals surface area contributed by atoms with Crippen molar-refractivity contribution >= 4 is 11.9 Å². The zero-order chi connectivity index (χ0) is 20.1. The second-order valence-corrected chi connectivity index (χ2v) is 6.95.